The average molecular weight is 256 g/mol. The predicted octanol–water partition coefficient (Wildman–Crippen LogP) is 0.772. The molecule has 2 heterocycles. The number of hydrogen-bond acceptors (Lipinski definition) is 3. The molecular weight excluding hydrogens is 249 g/mol. The Morgan fingerprint density at radius 2 is 2.24 bits per heavy atom. The highest BCUT2D eigenvalue weighted by Gasteiger charge is 2.05. The van der Waals surface area contributed by atoms with E-state index in [0.29, 0.717) is 10.7 Å². The molecule has 0 atom stereocenters. The van der Waals surface area contributed by atoms with E-state index in [1.807, 2.05) is 4.98 Å². The van der Waals surface area contributed by atoms with E-state index in [9.17, 15) is 14.0 Å². The van der Waals surface area contributed by atoms with Crippen LogP contribution in [-0.2, 0) is 6.54 Å². The van der Waals surface area contributed by atoms with Gasteiger partial charge in [0.1, 0.15) is 0 Å². The molecule has 1 N–H and O–H groups in total. The number of hydrogen-bond donors (Lipinski definition) is 1. The second-order valence-electron chi connectivity index (χ2n) is 3.33. The third-order valence-corrected chi connectivity index (χ3v) is 2.31. The van der Waals surface area contributed by atoms with Crippen molar-refractivity contribution in [1.29, 1.82) is 0 Å². The van der Waals surface area contributed by atoms with E-state index < -0.39 is 17.1 Å². The Bertz CT molecular complexity index is 665. The first-order valence-electron chi connectivity index (χ1n) is 4.66. The highest BCUT2D eigenvalue weighted by molar-refractivity contribution is 6.30. The van der Waals surface area contributed by atoms with E-state index in [2.05, 4.69) is 4.98 Å². The first-order chi connectivity index (χ1) is 8.06. The summed E-state index contributed by atoms with van der Waals surface area (Å²) in [5.74, 6) is -1.02. The Kier molecular flexibility index (Phi) is 3.06. The molecule has 2 rings (SSSR count). The summed E-state index contributed by atoms with van der Waals surface area (Å²) in [6.07, 6.45) is 2.31. The van der Waals surface area contributed by atoms with Gasteiger partial charge in [-0.05, 0) is 12.1 Å². The molecule has 0 aliphatic rings. The number of pyridine rings is 1. The molecule has 7 heteroatoms. The average Bonchev–Trinajstić information content (AvgIpc) is 2.26. The fourth-order valence-electron chi connectivity index (χ4n) is 1.31. The minimum absolute atomic E-state index is 0.0348. The van der Waals surface area contributed by atoms with Gasteiger partial charge in [-0.15, -0.1) is 0 Å². The van der Waals surface area contributed by atoms with Crippen molar-refractivity contribution in [2.45, 2.75) is 6.54 Å². The number of aromatic amines is 1. The SMILES string of the molecule is O=c1[nH]c(=O)n(Cc2cc(Cl)ccn2)cc1F. The quantitative estimate of drug-likeness (QED) is 0.862. The zero-order chi connectivity index (χ0) is 12.4. The zero-order valence-corrected chi connectivity index (χ0v) is 9.24. The first-order valence-corrected chi connectivity index (χ1v) is 5.04. The third-order valence-electron chi connectivity index (χ3n) is 2.08. The molecule has 0 unspecified atom stereocenters. The molecule has 0 aliphatic heterocycles. The predicted molar refractivity (Wildman–Crippen MR) is 59.6 cm³/mol. The summed E-state index contributed by atoms with van der Waals surface area (Å²) in [7, 11) is 0. The number of aromatic nitrogens is 3. The number of halogens is 2. The lowest BCUT2D eigenvalue weighted by Gasteiger charge is -2.04. The molecule has 0 aromatic carbocycles. The molecule has 88 valence electrons. The lowest BCUT2D eigenvalue weighted by Crippen LogP contribution is -2.31. The van der Waals surface area contributed by atoms with Gasteiger partial charge in [0.05, 0.1) is 18.4 Å². The van der Waals surface area contributed by atoms with Gasteiger partial charge in [0.15, 0.2) is 0 Å². The number of nitrogens with one attached hydrogen (secondary N) is 1. The van der Waals surface area contributed by atoms with Gasteiger partial charge in [-0.1, -0.05) is 11.6 Å². The minimum Gasteiger partial charge on any atom is -0.292 e. The van der Waals surface area contributed by atoms with Gasteiger partial charge in [-0.2, -0.15) is 4.39 Å². The maximum atomic E-state index is 13.0. The Morgan fingerprint density at radius 1 is 1.47 bits per heavy atom. The highest BCUT2D eigenvalue weighted by atomic mass is 35.5. The second-order valence-corrected chi connectivity index (χ2v) is 3.77. The van der Waals surface area contributed by atoms with E-state index in [1.165, 1.54) is 6.20 Å². The van der Waals surface area contributed by atoms with Crippen LogP contribution in [0, 0.1) is 5.82 Å². The monoisotopic (exact) mass is 255 g/mol. The zero-order valence-electron chi connectivity index (χ0n) is 8.48. The molecule has 2 aromatic rings. The fourth-order valence-corrected chi connectivity index (χ4v) is 1.49. The van der Waals surface area contributed by atoms with Gasteiger partial charge >= 0.3 is 5.69 Å². The van der Waals surface area contributed by atoms with E-state index in [-0.39, 0.29) is 6.54 Å². The van der Waals surface area contributed by atoms with Gasteiger partial charge in [0, 0.05) is 11.2 Å². The fraction of sp³-hybridized carbons (Fsp3) is 0.100. The van der Waals surface area contributed by atoms with Crippen LogP contribution in [0.5, 0.6) is 0 Å². The van der Waals surface area contributed by atoms with E-state index in [0.717, 1.165) is 10.8 Å². The van der Waals surface area contributed by atoms with Crippen LogP contribution < -0.4 is 11.2 Å². The van der Waals surface area contributed by atoms with Crippen LogP contribution in [-0.4, -0.2) is 14.5 Å². The van der Waals surface area contributed by atoms with Crippen molar-refractivity contribution in [1.82, 2.24) is 14.5 Å². The van der Waals surface area contributed by atoms with Gasteiger partial charge in [0.2, 0.25) is 5.82 Å². The van der Waals surface area contributed by atoms with Crippen LogP contribution >= 0.6 is 11.6 Å². The second kappa shape index (κ2) is 4.50. The summed E-state index contributed by atoms with van der Waals surface area (Å²) in [5.41, 5.74) is -1.24. The molecule has 0 aliphatic carbocycles. The van der Waals surface area contributed by atoms with Crippen molar-refractivity contribution >= 4 is 11.6 Å². The summed E-state index contributed by atoms with van der Waals surface area (Å²) in [5, 5.41) is 0.466. The minimum atomic E-state index is -1.04. The van der Waals surface area contributed by atoms with E-state index in [4.69, 9.17) is 11.6 Å². The molecule has 0 amide bonds. The van der Waals surface area contributed by atoms with Gasteiger partial charge < -0.3 is 0 Å². The molecular formula is C10H7ClFN3O2. The molecule has 2 aromatic heterocycles. The Morgan fingerprint density at radius 3 is 2.94 bits per heavy atom. The molecule has 17 heavy (non-hydrogen) atoms. The summed E-state index contributed by atoms with van der Waals surface area (Å²) in [6.45, 7) is 0.0348. The number of rotatable bonds is 2. The van der Waals surface area contributed by atoms with Crippen molar-refractivity contribution in [3.8, 4) is 0 Å². The van der Waals surface area contributed by atoms with Crippen LogP contribution in [0.3, 0.4) is 0 Å². The van der Waals surface area contributed by atoms with Gasteiger partial charge in [-0.25, -0.2) is 4.79 Å². The van der Waals surface area contributed by atoms with Crippen LogP contribution in [0.15, 0.2) is 34.1 Å². The normalized spacial score (nSPS) is 10.5. The highest BCUT2D eigenvalue weighted by Crippen LogP contribution is 2.08. The standard InChI is InChI=1S/C10H7ClFN3O2/c11-6-1-2-13-7(3-6)4-15-5-8(12)9(16)14-10(15)17/h1-3,5H,4H2,(H,14,16,17). The van der Waals surface area contributed by atoms with Crippen LogP contribution in [0.1, 0.15) is 5.69 Å². The van der Waals surface area contributed by atoms with E-state index >= 15 is 0 Å². The Hall–Kier alpha value is -1.95. The Balaban J connectivity index is 2.40. The maximum absolute atomic E-state index is 13.0. The van der Waals surface area contributed by atoms with Crippen LogP contribution in [0.2, 0.25) is 5.02 Å². The molecule has 5 nitrogen and oxygen atoms in total. The van der Waals surface area contributed by atoms with Crippen molar-refractivity contribution in [3.63, 3.8) is 0 Å². The van der Waals surface area contributed by atoms with Crippen molar-refractivity contribution in [3.05, 3.63) is 61.9 Å². The van der Waals surface area contributed by atoms with Gasteiger partial charge in [0.25, 0.3) is 5.56 Å². The largest absolute Gasteiger partial charge is 0.328 e. The lowest BCUT2D eigenvalue weighted by atomic mass is 10.3. The molecule has 0 fully saturated rings. The summed E-state index contributed by atoms with van der Waals surface area (Å²) < 4.78 is 14.0. The summed E-state index contributed by atoms with van der Waals surface area (Å²) in [6, 6.07) is 3.14. The van der Waals surface area contributed by atoms with E-state index in [1.54, 1.807) is 12.1 Å². The first kappa shape index (κ1) is 11.5. The molecule has 0 spiro atoms. The van der Waals surface area contributed by atoms with Crippen molar-refractivity contribution < 1.29 is 4.39 Å². The van der Waals surface area contributed by atoms with Crippen molar-refractivity contribution in [2.24, 2.45) is 0 Å². The smallest absolute Gasteiger partial charge is 0.292 e. The number of H-pyrrole nitrogens is 1. The third kappa shape index (κ3) is 2.59. The van der Waals surface area contributed by atoms with Crippen molar-refractivity contribution in [2.75, 3.05) is 0 Å². The summed E-state index contributed by atoms with van der Waals surface area (Å²) in [4.78, 5) is 28.0. The van der Waals surface area contributed by atoms with Gasteiger partial charge in [-0.3, -0.25) is 19.3 Å². The van der Waals surface area contributed by atoms with Crippen LogP contribution in [0.25, 0.3) is 0 Å². The molecule has 0 saturated heterocycles. The maximum Gasteiger partial charge on any atom is 0.328 e. The summed E-state index contributed by atoms with van der Waals surface area (Å²) >= 11 is 5.75. The lowest BCUT2D eigenvalue weighted by molar-refractivity contribution is 0.564. The van der Waals surface area contributed by atoms with Crippen LogP contribution in [0.4, 0.5) is 4.39 Å². The Labute approximate surface area is 99.5 Å². The molecule has 0 bridgehead atoms. The number of nitrogens with zero attached hydrogens (tertiary/aromatic N) is 2. The topological polar surface area (TPSA) is 67.8 Å². The molecule has 0 radical (unpaired) electrons. The molecule has 0 saturated carbocycles.